The lowest BCUT2D eigenvalue weighted by atomic mass is 10.1. The van der Waals surface area contributed by atoms with Crippen molar-refractivity contribution in [2.75, 3.05) is 11.9 Å². The highest BCUT2D eigenvalue weighted by Gasteiger charge is 2.15. The lowest BCUT2D eigenvalue weighted by Gasteiger charge is -2.09. The van der Waals surface area contributed by atoms with E-state index in [-0.39, 0.29) is 11.3 Å². The fraction of sp³-hybridized carbons (Fsp3) is 0.231. The summed E-state index contributed by atoms with van der Waals surface area (Å²) in [5.41, 5.74) is 0.0198. The van der Waals surface area contributed by atoms with Gasteiger partial charge in [-0.25, -0.2) is 4.79 Å². The minimum Gasteiger partial charge on any atom is -0.478 e. The van der Waals surface area contributed by atoms with Gasteiger partial charge >= 0.3 is 5.97 Å². The largest absolute Gasteiger partial charge is 0.478 e. The number of aromatic nitrogens is 2. The van der Waals surface area contributed by atoms with Crippen LogP contribution < -0.4 is 5.32 Å². The second kappa shape index (κ2) is 6.51. The van der Waals surface area contributed by atoms with Gasteiger partial charge in [-0.3, -0.25) is 14.8 Å². The first-order chi connectivity index (χ1) is 10.1. The summed E-state index contributed by atoms with van der Waals surface area (Å²) in [7, 11) is 0. The van der Waals surface area contributed by atoms with E-state index >= 15 is 0 Å². The number of nitrogens with one attached hydrogen (secondary N) is 1. The van der Waals surface area contributed by atoms with Crippen LogP contribution >= 0.6 is 0 Å². The van der Waals surface area contributed by atoms with Gasteiger partial charge < -0.3 is 10.4 Å². The maximum absolute atomic E-state index is 11.1. The number of hydrogen-bond acceptors (Lipinski definition) is 5. The highest BCUT2D eigenvalue weighted by atomic mass is 16.6. The van der Waals surface area contributed by atoms with Crippen molar-refractivity contribution in [3.63, 3.8) is 0 Å². The van der Waals surface area contributed by atoms with E-state index in [9.17, 15) is 14.9 Å². The number of nitrogens with zero attached hydrogens (tertiary/aromatic N) is 3. The molecule has 110 valence electrons. The number of rotatable bonds is 7. The Hall–Kier alpha value is -2.90. The van der Waals surface area contributed by atoms with Crippen LogP contribution in [0.5, 0.6) is 0 Å². The molecule has 0 saturated carbocycles. The minimum atomic E-state index is -1.20. The molecule has 1 aromatic carbocycles. The van der Waals surface area contributed by atoms with Gasteiger partial charge in [-0.15, -0.1) is 0 Å². The van der Waals surface area contributed by atoms with E-state index in [1.54, 1.807) is 10.9 Å². The highest BCUT2D eigenvalue weighted by molar-refractivity contribution is 5.95. The molecule has 0 aliphatic heterocycles. The first-order valence-corrected chi connectivity index (χ1v) is 6.31. The first kappa shape index (κ1) is 14.5. The Bertz CT molecular complexity index is 640. The van der Waals surface area contributed by atoms with Crippen molar-refractivity contribution in [2.45, 2.75) is 13.0 Å². The lowest BCUT2D eigenvalue weighted by molar-refractivity contribution is -0.384. The monoisotopic (exact) mass is 290 g/mol. The zero-order chi connectivity index (χ0) is 15.2. The third kappa shape index (κ3) is 3.78. The Kier molecular flexibility index (Phi) is 4.50. The zero-order valence-corrected chi connectivity index (χ0v) is 11.1. The van der Waals surface area contributed by atoms with Gasteiger partial charge in [-0.05, 0) is 18.6 Å². The summed E-state index contributed by atoms with van der Waals surface area (Å²) in [4.78, 5) is 21.2. The number of carboxylic acid groups (broad SMARTS) is 1. The number of carbonyl (C=O) groups is 1. The summed E-state index contributed by atoms with van der Waals surface area (Å²) in [6, 6.07) is 5.57. The number of carboxylic acids is 1. The summed E-state index contributed by atoms with van der Waals surface area (Å²) in [5, 5.41) is 26.8. The predicted molar refractivity (Wildman–Crippen MR) is 75.4 cm³/mol. The van der Waals surface area contributed by atoms with Crippen LogP contribution in [0.15, 0.2) is 36.7 Å². The summed E-state index contributed by atoms with van der Waals surface area (Å²) in [5.74, 6) is -1.20. The van der Waals surface area contributed by atoms with E-state index in [0.717, 1.165) is 12.5 Å². The second-order valence-electron chi connectivity index (χ2n) is 4.34. The first-order valence-electron chi connectivity index (χ1n) is 6.31. The molecular formula is C13H14N4O4. The third-order valence-corrected chi connectivity index (χ3v) is 2.88. The van der Waals surface area contributed by atoms with Gasteiger partial charge in [0, 0.05) is 43.3 Å². The molecule has 2 rings (SSSR count). The molecule has 0 radical (unpaired) electrons. The Balaban J connectivity index is 1.98. The predicted octanol–water partition coefficient (Wildman–Crippen LogP) is 1.99. The molecule has 0 fully saturated rings. The maximum Gasteiger partial charge on any atom is 0.338 e. The van der Waals surface area contributed by atoms with Crippen molar-refractivity contribution in [1.82, 2.24) is 9.78 Å². The number of anilines is 1. The highest BCUT2D eigenvalue weighted by Crippen LogP contribution is 2.22. The molecular weight excluding hydrogens is 276 g/mol. The number of aromatic carboxylic acids is 1. The molecule has 1 heterocycles. The Morgan fingerprint density at radius 3 is 2.90 bits per heavy atom. The number of non-ortho nitro benzene ring substituents is 1. The molecule has 0 amide bonds. The second-order valence-corrected chi connectivity index (χ2v) is 4.34. The molecule has 2 N–H and O–H groups in total. The van der Waals surface area contributed by atoms with Crippen LogP contribution in [0.2, 0.25) is 0 Å². The van der Waals surface area contributed by atoms with Gasteiger partial charge in [0.25, 0.3) is 5.69 Å². The number of hydrogen-bond donors (Lipinski definition) is 2. The Morgan fingerprint density at radius 2 is 2.29 bits per heavy atom. The smallest absolute Gasteiger partial charge is 0.338 e. The molecule has 21 heavy (non-hydrogen) atoms. The maximum atomic E-state index is 11.1. The summed E-state index contributed by atoms with van der Waals surface area (Å²) < 4.78 is 1.77. The Morgan fingerprint density at radius 1 is 1.48 bits per heavy atom. The van der Waals surface area contributed by atoms with E-state index in [0.29, 0.717) is 18.8 Å². The number of aryl methyl sites for hydroxylation is 1. The van der Waals surface area contributed by atoms with Crippen molar-refractivity contribution in [2.24, 2.45) is 0 Å². The molecule has 0 spiro atoms. The zero-order valence-electron chi connectivity index (χ0n) is 11.1. The van der Waals surface area contributed by atoms with E-state index in [1.165, 1.54) is 12.1 Å². The van der Waals surface area contributed by atoms with Gasteiger partial charge in [0.2, 0.25) is 0 Å². The van der Waals surface area contributed by atoms with Gasteiger partial charge in [-0.1, -0.05) is 0 Å². The van der Waals surface area contributed by atoms with Gasteiger partial charge in [0.05, 0.1) is 10.5 Å². The van der Waals surface area contributed by atoms with Crippen molar-refractivity contribution >= 4 is 17.3 Å². The van der Waals surface area contributed by atoms with Gasteiger partial charge in [-0.2, -0.15) is 5.10 Å². The van der Waals surface area contributed by atoms with Gasteiger partial charge in [0.1, 0.15) is 0 Å². The van der Waals surface area contributed by atoms with Crippen molar-refractivity contribution < 1.29 is 14.8 Å². The third-order valence-electron chi connectivity index (χ3n) is 2.88. The van der Waals surface area contributed by atoms with E-state index in [4.69, 9.17) is 5.11 Å². The average molecular weight is 290 g/mol. The average Bonchev–Trinajstić information content (AvgIpc) is 2.96. The Labute approximate surface area is 120 Å². The molecule has 8 heteroatoms. The number of nitro groups is 1. The van der Waals surface area contributed by atoms with Crippen molar-refractivity contribution in [3.05, 3.63) is 52.3 Å². The fourth-order valence-corrected chi connectivity index (χ4v) is 1.87. The standard InChI is InChI=1S/C13H14N4O4/c18-13(19)11-9-10(17(20)21)3-4-12(11)14-5-1-7-16-8-2-6-15-16/h2-4,6,8-9,14H,1,5,7H2,(H,18,19). The molecule has 8 nitrogen and oxygen atoms in total. The molecule has 0 aliphatic carbocycles. The van der Waals surface area contributed by atoms with Crippen LogP contribution in [-0.2, 0) is 6.54 Å². The van der Waals surface area contributed by atoms with Crippen LogP contribution in [0.4, 0.5) is 11.4 Å². The van der Waals surface area contributed by atoms with Crippen molar-refractivity contribution in [3.8, 4) is 0 Å². The molecule has 0 atom stereocenters. The van der Waals surface area contributed by atoms with Crippen LogP contribution in [-0.4, -0.2) is 32.3 Å². The van der Waals surface area contributed by atoms with Crippen LogP contribution in [0, 0.1) is 10.1 Å². The molecule has 0 aliphatic rings. The normalized spacial score (nSPS) is 10.3. The van der Waals surface area contributed by atoms with Crippen molar-refractivity contribution in [1.29, 1.82) is 0 Å². The summed E-state index contributed by atoms with van der Waals surface area (Å²) >= 11 is 0. The fourth-order valence-electron chi connectivity index (χ4n) is 1.87. The van der Waals surface area contributed by atoms with Gasteiger partial charge in [0.15, 0.2) is 0 Å². The van der Waals surface area contributed by atoms with Crippen LogP contribution in [0.1, 0.15) is 16.8 Å². The molecule has 0 unspecified atom stereocenters. The van der Waals surface area contributed by atoms with Crippen LogP contribution in [0.3, 0.4) is 0 Å². The molecule has 1 aromatic heterocycles. The SMILES string of the molecule is O=C(O)c1cc([N+](=O)[O-])ccc1NCCCn1cccn1. The van der Waals surface area contributed by atoms with E-state index in [1.807, 2.05) is 12.3 Å². The van der Waals surface area contributed by atoms with E-state index in [2.05, 4.69) is 10.4 Å². The quantitative estimate of drug-likeness (QED) is 0.458. The summed E-state index contributed by atoms with van der Waals surface area (Å²) in [6.07, 6.45) is 4.28. The number of nitro benzene ring substituents is 1. The van der Waals surface area contributed by atoms with E-state index < -0.39 is 10.9 Å². The van der Waals surface area contributed by atoms with Crippen LogP contribution in [0.25, 0.3) is 0 Å². The minimum absolute atomic E-state index is 0.108. The summed E-state index contributed by atoms with van der Waals surface area (Å²) in [6.45, 7) is 1.24. The topological polar surface area (TPSA) is 110 Å². The molecule has 2 aromatic rings. The number of benzene rings is 1. The lowest BCUT2D eigenvalue weighted by Crippen LogP contribution is -2.10. The molecule has 0 bridgehead atoms. The molecule has 0 saturated heterocycles.